The zero-order chi connectivity index (χ0) is 10.8. The molecule has 5 nitrogen and oxygen atoms in total. The average Bonchev–Trinajstić information content (AvgIpc) is 2.16. The van der Waals surface area contributed by atoms with Crippen LogP contribution in [0.1, 0.15) is 0 Å². The van der Waals surface area contributed by atoms with Crippen molar-refractivity contribution in [3.8, 4) is 0 Å². The number of aliphatic hydroxyl groups excluding tert-OH is 1. The van der Waals surface area contributed by atoms with E-state index in [0.29, 0.717) is 5.92 Å². The lowest BCUT2D eigenvalue weighted by Gasteiger charge is -2.39. The third-order valence-electron chi connectivity index (χ3n) is 2.57. The molecule has 15 heavy (non-hydrogen) atoms. The Labute approximate surface area is 89.4 Å². The molecule has 1 N–H and O–H groups in total. The minimum absolute atomic E-state index is 0.266. The molecule has 5 heteroatoms. The van der Waals surface area contributed by atoms with Crippen molar-refractivity contribution in [3.05, 3.63) is 12.3 Å². The highest BCUT2D eigenvalue weighted by atomic mass is 16.3. The van der Waals surface area contributed by atoms with Crippen LogP contribution in [-0.2, 0) is 0 Å². The van der Waals surface area contributed by atoms with E-state index in [-0.39, 0.29) is 6.61 Å². The molecule has 0 aromatic carbocycles. The van der Waals surface area contributed by atoms with Crippen LogP contribution < -0.4 is 9.80 Å². The van der Waals surface area contributed by atoms with Gasteiger partial charge in [0.05, 0.1) is 0 Å². The smallest absolute Gasteiger partial charge is 0.226 e. The second-order valence-corrected chi connectivity index (χ2v) is 4.06. The van der Waals surface area contributed by atoms with Crippen LogP contribution in [0, 0.1) is 5.92 Å². The van der Waals surface area contributed by atoms with E-state index in [2.05, 4.69) is 14.9 Å². The molecule has 1 aliphatic heterocycles. The van der Waals surface area contributed by atoms with Gasteiger partial charge < -0.3 is 14.9 Å². The lowest BCUT2D eigenvalue weighted by atomic mass is 10.0. The number of hydrogen-bond acceptors (Lipinski definition) is 5. The topological polar surface area (TPSA) is 52.5 Å². The fourth-order valence-corrected chi connectivity index (χ4v) is 1.60. The van der Waals surface area contributed by atoms with Crippen LogP contribution in [0.3, 0.4) is 0 Å². The fraction of sp³-hybridized carbons (Fsp3) is 0.600. The predicted molar refractivity (Wildman–Crippen MR) is 59.1 cm³/mol. The number of nitrogens with zero attached hydrogens (tertiary/aromatic N) is 4. The van der Waals surface area contributed by atoms with Crippen molar-refractivity contribution >= 4 is 11.8 Å². The summed E-state index contributed by atoms with van der Waals surface area (Å²) in [5, 5.41) is 8.93. The molecule has 1 aromatic heterocycles. The van der Waals surface area contributed by atoms with Gasteiger partial charge in [0.15, 0.2) is 0 Å². The highest BCUT2D eigenvalue weighted by Crippen LogP contribution is 2.22. The molecular formula is C10H16N4O. The normalized spacial score (nSPS) is 16.3. The van der Waals surface area contributed by atoms with E-state index in [0.717, 1.165) is 24.9 Å². The molecule has 0 unspecified atom stereocenters. The van der Waals surface area contributed by atoms with Crippen molar-refractivity contribution in [2.75, 3.05) is 43.6 Å². The summed E-state index contributed by atoms with van der Waals surface area (Å²) in [5.74, 6) is 2.07. The molecule has 2 heterocycles. The van der Waals surface area contributed by atoms with Gasteiger partial charge in [0.2, 0.25) is 5.95 Å². The zero-order valence-electron chi connectivity index (χ0n) is 9.09. The highest BCUT2D eigenvalue weighted by Gasteiger charge is 2.27. The summed E-state index contributed by atoms with van der Waals surface area (Å²) in [4.78, 5) is 12.6. The average molecular weight is 208 g/mol. The molecule has 1 saturated heterocycles. The minimum Gasteiger partial charge on any atom is -0.396 e. The van der Waals surface area contributed by atoms with Gasteiger partial charge in [-0.1, -0.05) is 0 Å². The van der Waals surface area contributed by atoms with E-state index < -0.39 is 0 Å². The van der Waals surface area contributed by atoms with Crippen molar-refractivity contribution < 1.29 is 5.11 Å². The van der Waals surface area contributed by atoms with Crippen LogP contribution in [0.2, 0.25) is 0 Å². The van der Waals surface area contributed by atoms with Gasteiger partial charge in [-0.25, -0.2) is 4.98 Å². The number of hydrogen-bond donors (Lipinski definition) is 1. The van der Waals surface area contributed by atoms with Gasteiger partial charge >= 0.3 is 0 Å². The van der Waals surface area contributed by atoms with E-state index in [1.165, 1.54) is 0 Å². The van der Waals surface area contributed by atoms with E-state index in [1.54, 1.807) is 6.20 Å². The lowest BCUT2D eigenvalue weighted by molar-refractivity contribution is 0.200. The number of aliphatic hydroxyl groups is 1. The number of aromatic nitrogens is 2. The van der Waals surface area contributed by atoms with Crippen molar-refractivity contribution in [3.63, 3.8) is 0 Å². The summed E-state index contributed by atoms with van der Waals surface area (Å²) in [6.07, 6.45) is 1.77. The summed E-state index contributed by atoms with van der Waals surface area (Å²) >= 11 is 0. The Morgan fingerprint density at radius 1 is 1.53 bits per heavy atom. The van der Waals surface area contributed by atoms with Crippen LogP contribution in [0.15, 0.2) is 12.3 Å². The number of anilines is 2. The molecule has 0 spiro atoms. The maximum Gasteiger partial charge on any atom is 0.226 e. The number of rotatable bonds is 3. The Balaban J connectivity index is 2.06. The first-order chi connectivity index (χ1) is 7.20. The van der Waals surface area contributed by atoms with Crippen molar-refractivity contribution in [2.24, 2.45) is 5.92 Å². The first-order valence-corrected chi connectivity index (χ1v) is 5.07. The summed E-state index contributed by atoms with van der Waals surface area (Å²) in [5.41, 5.74) is 0. The van der Waals surface area contributed by atoms with E-state index in [9.17, 15) is 0 Å². The molecule has 2 rings (SSSR count). The predicted octanol–water partition coefficient (Wildman–Crippen LogP) is -0.0289. The van der Waals surface area contributed by atoms with E-state index in [4.69, 9.17) is 5.11 Å². The molecule has 1 fully saturated rings. The molecule has 0 atom stereocenters. The Morgan fingerprint density at radius 2 is 2.27 bits per heavy atom. The van der Waals surface area contributed by atoms with Gasteiger partial charge in [0.1, 0.15) is 5.82 Å². The van der Waals surface area contributed by atoms with Crippen molar-refractivity contribution in [2.45, 2.75) is 0 Å². The van der Waals surface area contributed by atoms with Gasteiger partial charge in [-0.2, -0.15) is 4.98 Å². The standard InChI is InChI=1S/C10H16N4O/c1-13(2)10-11-4-3-9(12-10)14-5-8(6-14)7-15/h3-4,8,15H,5-7H2,1-2H3. The molecule has 0 amide bonds. The maximum atomic E-state index is 8.93. The van der Waals surface area contributed by atoms with Crippen LogP contribution >= 0.6 is 0 Å². The van der Waals surface area contributed by atoms with Crippen molar-refractivity contribution in [1.29, 1.82) is 0 Å². The Bertz CT molecular complexity index is 336. The van der Waals surface area contributed by atoms with Gasteiger partial charge in [-0.05, 0) is 6.07 Å². The van der Waals surface area contributed by atoms with E-state index >= 15 is 0 Å². The van der Waals surface area contributed by atoms with Gasteiger partial charge in [0.25, 0.3) is 0 Å². The zero-order valence-corrected chi connectivity index (χ0v) is 9.09. The van der Waals surface area contributed by atoms with E-state index in [1.807, 2.05) is 25.1 Å². The van der Waals surface area contributed by atoms with Crippen LogP contribution in [-0.4, -0.2) is 48.9 Å². The molecule has 0 bridgehead atoms. The third-order valence-corrected chi connectivity index (χ3v) is 2.57. The molecule has 1 aromatic rings. The van der Waals surface area contributed by atoms with Crippen LogP contribution in [0.4, 0.5) is 11.8 Å². The monoisotopic (exact) mass is 208 g/mol. The first-order valence-electron chi connectivity index (χ1n) is 5.07. The lowest BCUT2D eigenvalue weighted by Crippen LogP contribution is -2.48. The molecular weight excluding hydrogens is 192 g/mol. The summed E-state index contributed by atoms with van der Waals surface area (Å²) < 4.78 is 0. The third kappa shape index (κ3) is 2.02. The molecule has 0 saturated carbocycles. The highest BCUT2D eigenvalue weighted by molar-refractivity contribution is 5.45. The first kappa shape index (κ1) is 10.2. The van der Waals surface area contributed by atoms with Crippen LogP contribution in [0.5, 0.6) is 0 Å². The largest absolute Gasteiger partial charge is 0.396 e. The molecule has 0 aliphatic carbocycles. The SMILES string of the molecule is CN(C)c1nccc(N2CC(CO)C2)n1. The van der Waals surface area contributed by atoms with Gasteiger partial charge in [-0.3, -0.25) is 0 Å². The summed E-state index contributed by atoms with van der Waals surface area (Å²) in [6, 6.07) is 1.90. The second kappa shape index (κ2) is 4.02. The Kier molecular flexibility index (Phi) is 2.73. The summed E-state index contributed by atoms with van der Waals surface area (Å²) in [6.45, 7) is 2.04. The van der Waals surface area contributed by atoms with Gasteiger partial charge in [0, 0.05) is 45.9 Å². The van der Waals surface area contributed by atoms with Crippen LogP contribution in [0.25, 0.3) is 0 Å². The summed E-state index contributed by atoms with van der Waals surface area (Å²) in [7, 11) is 3.84. The maximum absolute atomic E-state index is 8.93. The quantitative estimate of drug-likeness (QED) is 0.756. The molecule has 0 radical (unpaired) electrons. The molecule has 1 aliphatic rings. The van der Waals surface area contributed by atoms with Crippen molar-refractivity contribution in [1.82, 2.24) is 9.97 Å². The second-order valence-electron chi connectivity index (χ2n) is 4.06. The van der Waals surface area contributed by atoms with Gasteiger partial charge in [-0.15, -0.1) is 0 Å². The Hall–Kier alpha value is -1.36. The molecule has 82 valence electrons. The Morgan fingerprint density at radius 3 is 2.87 bits per heavy atom. The minimum atomic E-state index is 0.266. The fourth-order valence-electron chi connectivity index (χ4n) is 1.60.